The molecule has 0 radical (unpaired) electrons. The predicted octanol–water partition coefficient (Wildman–Crippen LogP) is 2.01. The number of hydrogen-bond acceptors (Lipinski definition) is 3. The lowest BCUT2D eigenvalue weighted by atomic mass is 9.94. The van der Waals surface area contributed by atoms with Crippen LogP contribution in [0.2, 0.25) is 0 Å². The molecule has 0 bridgehead atoms. The van der Waals surface area contributed by atoms with Gasteiger partial charge < -0.3 is 10.2 Å². The minimum Gasteiger partial charge on any atom is -0.481 e. The normalized spacial score (nSPS) is 28.4. The summed E-state index contributed by atoms with van der Waals surface area (Å²) >= 11 is 0. The van der Waals surface area contributed by atoms with Crippen molar-refractivity contribution >= 4 is 5.97 Å². The number of aliphatic carboxylic acids is 1. The van der Waals surface area contributed by atoms with Gasteiger partial charge in [0.05, 0.1) is 5.60 Å². The Labute approximate surface area is 109 Å². The molecule has 1 heterocycles. The van der Waals surface area contributed by atoms with E-state index in [4.69, 9.17) is 5.11 Å². The van der Waals surface area contributed by atoms with Gasteiger partial charge >= 0.3 is 5.97 Å². The first-order chi connectivity index (χ1) is 8.59. The molecule has 1 saturated carbocycles. The molecular weight excluding hydrogens is 230 g/mol. The SMILES string of the molecule is O=C(O)CCC1CCCCN1CC1(O)CCCC1. The van der Waals surface area contributed by atoms with Crippen LogP contribution in [0.25, 0.3) is 0 Å². The first-order valence-electron chi connectivity index (χ1n) is 7.27. The van der Waals surface area contributed by atoms with E-state index in [0.717, 1.165) is 51.6 Å². The van der Waals surface area contributed by atoms with Crippen LogP contribution in [0.5, 0.6) is 0 Å². The Balaban J connectivity index is 1.88. The molecular formula is C14H25NO3. The van der Waals surface area contributed by atoms with Gasteiger partial charge in [0.15, 0.2) is 0 Å². The number of β-amino-alcohol motifs (C(OH)–C–C–N with tert-alkyl or cyclic N) is 1. The van der Waals surface area contributed by atoms with E-state index < -0.39 is 11.6 Å². The predicted molar refractivity (Wildman–Crippen MR) is 69.5 cm³/mol. The number of piperidine rings is 1. The van der Waals surface area contributed by atoms with E-state index >= 15 is 0 Å². The highest BCUT2D eigenvalue weighted by Crippen LogP contribution is 2.32. The average molecular weight is 255 g/mol. The lowest BCUT2D eigenvalue weighted by Crippen LogP contribution is -2.48. The van der Waals surface area contributed by atoms with Crippen molar-refractivity contribution in [3.63, 3.8) is 0 Å². The van der Waals surface area contributed by atoms with Crippen LogP contribution in [-0.4, -0.2) is 45.8 Å². The van der Waals surface area contributed by atoms with Crippen LogP contribution in [0.15, 0.2) is 0 Å². The third-order valence-corrected chi connectivity index (χ3v) is 4.47. The second-order valence-corrected chi connectivity index (χ2v) is 5.98. The summed E-state index contributed by atoms with van der Waals surface area (Å²) < 4.78 is 0. The molecule has 0 aromatic heterocycles. The summed E-state index contributed by atoms with van der Waals surface area (Å²) in [5.74, 6) is -0.708. The van der Waals surface area contributed by atoms with Crippen molar-refractivity contribution in [2.45, 2.75) is 69.4 Å². The molecule has 1 aliphatic heterocycles. The molecule has 2 fully saturated rings. The summed E-state index contributed by atoms with van der Waals surface area (Å²) in [5, 5.41) is 19.3. The number of carboxylic acid groups (broad SMARTS) is 1. The number of nitrogens with zero attached hydrogens (tertiary/aromatic N) is 1. The summed E-state index contributed by atoms with van der Waals surface area (Å²) in [7, 11) is 0. The molecule has 18 heavy (non-hydrogen) atoms. The Kier molecular flexibility index (Phi) is 4.62. The van der Waals surface area contributed by atoms with Crippen molar-refractivity contribution in [2.24, 2.45) is 0 Å². The summed E-state index contributed by atoms with van der Waals surface area (Å²) in [6, 6.07) is 0.361. The number of carboxylic acids is 1. The van der Waals surface area contributed by atoms with Gasteiger partial charge in [-0.2, -0.15) is 0 Å². The van der Waals surface area contributed by atoms with Crippen molar-refractivity contribution < 1.29 is 15.0 Å². The molecule has 0 spiro atoms. The third kappa shape index (κ3) is 3.69. The monoisotopic (exact) mass is 255 g/mol. The zero-order valence-electron chi connectivity index (χ0n) is 11.1. The van der Waals surface area contributed by atoms with Gasteiger partial charge in [-0.25, -0.2) is 0 Å². The molecule has 1 atom stereocenters. The highest BCUT2D eigenvalue weighted by Gasteiger charge is 2.35. The first kappa shape index (κ1) is 13.8. The average Bonchev–Trinajstić information content (AvgIpc) is 2.74. The van der Waals surface area contributed by atoms with Crippen molar-refractivity contribution in [1.29, 1.82) is 0 Å². The maximum absolute atomic E-state index is 10.7. The van der Waals surface area contributed by atoms with Gasteiger partial charge in [-0.1, -0.05) is 19.3 Å². The molecule has 1 unspecified atom stereocenters. The molecule has 2 aliphatic rings. The van der Waals surface area contributed by atoms with Gasteiger partial charge in [0.1, 0.15) is 0 Å². The van der Waals surface area contributed by atoms with Crippen LogP contribution >= 0.6 is 0 Å². The number of carbonyl (C=O) groups is 1. The smallest absolute Gasteiger partial charge is 0.303 e. The highest BCUT2D eigenvalue weighted by atomic mass is 16.4. The molecule has 1 saturated heterocycles. The van der Waals surface area contributed by atoms with Gasteiger partial charge in [-0.3, -0.25) is 9.69 Å². The van der Waals surface area contributed by atoms with Gasteiger partial charge in [0, 0.05) is 19.0 Å². The van der Waals surface area contributed by atoms with Crippen molar-refractivity contribution in [3.8, 4) is 0 Å². The summed E-state index contributed by atoms with van der Waals surface area (Å²) in [5.41, 5.74) is -0.501. The van der Waals surface area contributed by atoms with Gasteiger partial charge in [-0.05, 0) is 38.6 Å². The molecule has 4 nitrogen and oxygen atoms in total. The van der Waals surface area contributed by atoms with Crippen LogP contribution in [0.1, 0.15) is 57.8 Å². The van der Waals surface area contributed by atoms with Crippen LogP contribution in [0.4, 0.5) is 0 Å². The van der Waals surface area contributed by atoms with Crippen molar-refractivity contribution in [3.05, 3.63) is 0 Å². The van der Waals surface area contributed by atoms with Crippen LogP contribution in [0.3, 0.4) is 0 Å². The first-order valence-corrected chi connectivity index (χ1v) is 7.27. The molecule has 0 aromatic carbocycles. The van der Waals surface area contributed by atoms with Crippen LogP contribution in [-0.2, 0) is 4.79 Å². The van der Waals surface area contributed by atoms with Gasteiger partial charge in [-0.15, -0.1) is 0 Å². The fraction of sp³-hybridized carbons (Fsp3) is 0.929. The molecule has 2 rings (SSSR count). The van der Waals surface area contributed by atoms with Gasteiger partial charge in [0.2, 0.25) is 0 Å². The zero-order chi connectivity index (χ0) is 13.0. The van der Waals surface area contributed by atoms with Crippen molar-refractivity contribution in [2.75, 3.05) is 13.1 Å². The molecule has 104 valence electrons. The van der Waals surface area contributed by atoms with E-state index in [2.05, 4.69) is 4.90 Å². The lowest BCUT2D eigenvalue weighted by molar-refractivity contribution is -0.137. The van der Waals surface area contributed by atoms with Gasteiger partial charge in [0.25, 0.3) is 0 Å². The van der Waals surface area contributed by atoms with E-state index in [0.29, 0.717) is 6.04 Å². The number of aliphatic hydroxyl groups is 1. The highest BCUT2D eigenvalue weighted by molar-refractivity contribution is 5.66. The number of likely N-dealkylation sites (tertiary alicyclic amines) is 1. The molecule has 0 amide bonds. The fourth-order valence-electron chi connectivity index (χ4n) is 3.45. The Morgan fingerprint density at radius 1 is 1.22 bits per heavy atom. The molecule has 1 aliphatic carbocycles. The van der Waals surface area contributed by atoms with Crippen LogP contribution in [0, 0.1) is 0 Å². The maximum Gasteiger partial charge on any atom is 0.303 e. The lowest BCUT2D eigenvalue weighted by Gasteiger charge is -2.40. The summed E-state index contributed by atoms with van der Waals surface area (Å²) in [6.45, 7) is 1.77. The Morgan fingerprint density at radius 2 is 1.94 bits per heavy atom. The second kappa shape index (κ2) is 6.02. The minimum atomic E-state index is -0.708. The Morgan fingerprint density at radius 3 is 2.61 bits per heavy atom. The molecule has 2 N–H and O–H groups in total. The largest absolute Gasteiger partial charge is 0.481 e. The molecule has 0 aromatic rings. The molecule has 4 heteroatoms. The standard InChI is InChI=1S/C14H25NO3/c16-13(17)7-6-12-5-1-4-10-15(12)11-14(18)8-2-3-9-14/h12,18H,1-11H2,(H,16,17). The van der Waals surface area contributed by atoms with E-state index in [-0.39, 0.29) is 6.42 Å². The topological polar surface area (TPSA) is 60.8 Å². The fourth-order valence-corrected chi connectivity index (χ4v) is 3.45. The third-order valence-electron chi connectivity index (χ3n) is 4.47. The minimum absolute atomic E-state index is 0.250. The zero-order valence-corrected chi connectivity index (χ0v) is 11.1. The number of hydrogen-bond donors (Lipinski definition) is 2. The van der Waals surface area contributed by atoms with E-state index in [1.165, 1.54) is 12.8 Å². The second-order valence-electron chi connectivity index (χ2n) is 5.98. The van der Waals surface area contributed by atoms with E-state index in [9.17, 15) is 9.90 Å². The quantitative estimate of drug-likeness (QED) is 0.789. The maximum atomic E-state index is 10.7. The number of rotatable bonds is 5. The summed E-state index contributed by atoms with van der Waals surface area (Å²) in [6.07, 6.45) is 8.52. The van der Waals surface area contributed by atoms with E-state index in [1.54, 1.807) is 0 Å². The Bertz CT molecular complexity index is 287. The van der Waals surface area contributed by atoms with Crippen molar-refractivity contribution in [1.82, 2.24) is 4.90 Å². The Hall–Kier alpha value is -0.610. The van der Waals surface area contributed by atoms with E-state index in [1.807, 2.05) is 0 Å². The summed E-state index contributed by atoms with van der Waals surface area (Å²) in [4.78, 5) is 13.0. The van der Waals surface area contributed by atoms with Crippen LogP contribution < -0.4 is 0 Å².